The van der Waals surface area contributed by atoms with E-state index in [-0.39, 0.29) is 30.4 Å². The van der Waals surface area contributed by atoms with Crippen LogP contribution in [-0.4, -0.2) is 15.5 Å². The fourth-order valence-electron chi connectivity index (χ4n) is 5.03. The molecule has 0 spiro atoms. The number of hydrogen-bond acceptors (Lipinski definition) is 4. The molecular weight excluding hydrogens is 359 g/mol. The van der Waals surface area contributed by atoms with Crippen LogP contribution in [0.5, 0.6) is 0 Å². The molecule has 2 aromatic heterocycles. The molecular formula is C22H17FN2O3. The van der Waals surface area contributed by atoms with Crippen molar-refractivity contribution in [2.45, 2.75) is 45.8 Å². The molecule has 0 saturated carbocycles. The molecule has 0 unspecified atom stereocenters. The maximum Gasteiger partial charge on any atom is 0.310 e. The first kappa shape index (κ1) is 16.0. The molecule has 2 aliphatic heterocycles. The molecule has 0 bridgehead atoms. The fraction of sp³-hybridized carbons (Fsp3) is 0.318. The van der Waals surface area contributed by atoms with Crippen LogP contribution in [0.25, 0.3) is 22.3 Å². The monoisotopic (exact) mass is 376 g/mol. The first-order valence-corrected chi connectivity index (χ1v) is 9.58. The van der Waals surface area contributed by atoms with E-state index < -0.39 is 0 Å². The Hall–Kier alpha value is -3.02. The average molecular weight is 376 g/mol. The SMILES string of the molecule is Cc1c(F)cc2nc3c(c4c2c1CCC4)Cn1c-3cc2c(c1=O)COC(=O)C2. The highest BCUT2D eigenvalue weighted by Gasteiger charge is 2.32. The summed E-state index contributed by atoms with van der Waals surface area (Å²) in [6, 6.07) is 3.41. The Labute approximate surface area is 159 Å². The molecule has 28 heavy (non-hydrogen) atoms. The molecule has 1 aliphatic carbocycles. The topological polar surface area (TPSA) is 61.2 Å². The molecule has 1 aromatic carbocycles. The number of carbonyl (C=O) groups is 1. The first-order chi connectivity index (χ1) is 13.5. The van der Waals surface area contributed by atoms with Gasteiger partial charge < -0.3 is 9.30 Å². The normalized spacial score (nSPS) is 16.6. The van der Waals surface area contributed by atoms with Crippen LogP contribution in [-0.2, 0) is 41.9 Å². The van der Waals surface area contributed by atoms with Crippen molar-refractivity contribution in [3.05, 3.63) is 61.7 Å². The molecule has 0 radical (unpaired) electrons. The van der Waals surface area contributed by atoms with Gasteiger partial charge in [0.05, 0.1) is 35.4 Å². The summed E-state index contributed by atoms with van der Waals surface area (Å²) in [6.45, 7) is 2.33. The van der Waals surface area contributed by atoms with E-state index in [0.29, 0.717) is 28.8 Å². The average Bonchev–Trinajstić information content (AvgIpc) is 3.05. The van der Waals surface area contributed by atoms with Gasteiger partial charge in [-0.15, -0.1) is 0 Å². The van der Waals surface area contributed by atoms with Crippen molar-refractivity contribution >= 4 is 16.9 Å². The highest BCUT2D eigenvalue weighted by Crippen LogP contribution is 2.41. The van der Waals surface area contributed by atoms with Crippen molar-refractivity contribution in [1.82, 2.24) is 9.55 Å². The number of aryl methyl sites for hydroxylation is 2. The lowest BCUT2D eigenvalue weighted by Gasteiger charge is -2.21. The number of benzene rings is 1. The van der Waals surface area contributed by atoms with Gasteiger partial charge in [-0.05, 0) is 54.5 Å². The number of esters is 1. The standard InChI is InChI=1S/C22H17FN2O3/c1-10-12-3-2-4-13-14-8-25-18(21(14)24-17(20(12)13)7-16(10)23)5-11-6-19(26)28-9-15(11)22(25)27/h5,7H,2-4,6,8-9H2,1H3. The van der Waals surface area contributed by atoms with Gasteiger partial charge in [0.15, 0.2) is 0 Å². The Morgan fingerprint density at radius 1 is 1.11 bits per heavy atom. The largest absolute Gasteiger partial charge is 0.460 e. The highest BCUT2D eigenvalue weighted by atomic mass is 19.1. The summed E-state index contributed by atoms with van der Waals surface area (Å²) in [4.78, 5) is 29.5. The molecule has 0 N–H and O–H groups in total. The molecule has 0 amide bonds. The predicted octanol–water partition coefficient (Wildman–Crippen LogP) is 2.96. The van der Waals surface area contributed by atoms with E-state index >= 15 is 0 Å². The van der Waals surface area contributed by atoms with E-state index in [1.807, 2.05) is 13.0 Å². The third kappa shape index (κ3) is 1.92. The zero-order valence-electron chi connectivity index (χ0n) is 15.4. The summed E-state index contributed by atoms with van der Waals surface area (Å²) in [5, 5.41) is 1.06. The molecule has 5 nitrogen and oxygen atoms in total. The van der Waals surface area contributed by atoms with Crippen LogP contribution in [0, 0.1) is 12.7 Å². The van der Waals surface area contributed by atoms with Crippen molar-refractivity contribution < 1.29 is 13.9 Å². The van der Waals surface area contributed by atoms with E-state index in [1.54, 1.807) is 4.57 Å². The molecule has 0 atom stereocenters. The number of fused-ring (bicyclic) bond motifs is 5. The second-order valence-electron chi connectivity index (χ2n) is 7.89. The number of aromatic nitrogens is 2. The number of halogens is 1. The van der Waals surface area contributed by atoms with Gasteiger partial charge in [0.2, 0.25) is 0 Å². The first-order valence-electron chi connectivity index (χ1n) is 9.58. The lowest BCUT2D eigenvalue weighted by Crippen LogP contribution is -2.30. The molecule has 3 aliphatic rings. The summed E-state index contributed by atoms with van der Waals surface area (Å²) in [5.74, 6) is -0.551. The van der Waals surface area contributed by atoms with Gasteiger partial charge in [0.1, 0.15) is 12.4 Å². The number of nitrogens with zero attached hydrogens (tertiary/aromatic N) is 2. The van der Waals surface area contributed by atoms with Crippen LogP contribution in [0.2, 0.25) is 0 Å². The number of ether oxygens (including phenoxy) is 1. The minimum absolute atomic E-state index is 0.0282. The van der Waals surface area contributed by atoms with Crippen LogP contribution in [0.3, 0.4) is 0 Å². The second-order valence-corrected chi connectivity index (χ2v) is 7.89. The van der Waals surface area contributed by atoms with Crippen LogP contribution >= 0.6 is 0 Å². The minimum Gasteiger partial charge on any atom is -0.460 e. The number of carbonyl (C=O) groups excluding carboxylic acids is 1. The Balaban J connectivity index is 1.68. The molecule has 6 rings (SSSR count). The Bertz CT molecular complexity index is 1310. The highest BCUT2D eigenvalue weighted by molar-refractivity contribution is 5.92. The molecule has 0 fully saturated rings. The third-order valence-electron chi connectivity index (χ3n) is 6.43. The van der Waals surface area contributed by atoms with Gasteiger partial charge in [0, 0.05) is 17.0 Å². The van der Waals surface area contributed by atoms with Gasteiger partial charge in [-0.25, -0.2) is 9.37 Å². The summed E-state index contributed by atoms with van der Waals surface area (Å²) in [7, 11) is 0. The zero-order chi connectivity index (χ0) is 19.2. The fourth-order valence-corrected chi connectivity index (χ4v) is 5.03. The van der Waals surface area contributed by atoms with Crippen molar-refractivity contribution in [1.29, 1.82) is 0 Å². The number of cyclic esters (lactones) is 1. The molecule has 140 valence electrons. The summed E-state index contributed by atoms with van der Waals surface area (Å²) >= 11 is 0. The number of pyridine rings is 2. The van der Waals surface area contributed by atoms with Gasteiger partial charge in [0.25, 0.3) is 5.56 Å². The maximum absolute atomic E-state index is 14.5. The minimum atomic E-state index is -0.321. The van der Waals surface area contributed by atoms with Gasteiger partial charge in [-0.2, -0.15) is 0 Å². The lowest BCUT2D eigenvalue weighted by atomic mass is 9.85. The third-order valence-corrected chi connectivity index (χ3v) is 6.43. The van der Waals surface area contributed by atoms with Crippen molar-refractivity contribution in [2.24, 2.45) is 0 Å². The number of hydrogen-bond donors (Lipinski definition) is 0. The lowest BCUT2D eigenvalue weighted by molar-refractivity contribution is -0.145. The summed E-state index contributed by atoms with van der Waals surface area (Å²) in [5.41, 5.74) is 7.28. The molecule has 4 heterocycles. The Kier molecular flexibility index (Phi) is 3.01. The van der Waals surface area contributed by atoms with Crippen molar-refractivity contribution in [2.75, 3.05) is 0 Å². The number of rotatable bonds is 0. The van der Waals surface area contributed by atoms with Gasteiger partial charge in [-0.1, -0.05) is 0 Å². The van der Waals surface area contributed by atoms with Crippen LogP contribution in [0.15, 0.2) is 16.9 Å². The zero-order valence-corrected chi connectivity index (χ0v) is 15.4. The van der Waals surface area contributed by atoms with Crippen molar-refractivity contribution in [3.8, 4) is 11.4 Å². The molecule has 3 aromatic rings. The Morgan fingerprint density at radius 3 is 2.79 bits per heavy atom. The second kappa shape index (κ2) is 5.28. The molecule has 0 saturated heterocycles. The maximum atomic E-state index is 14.5. The quantitative estimate of drug-likeness (QED) is 0.443. The van der Waals surface area contributed by atoms with E-state index in [1.165, 1.54) is 11.6 Å². The predicted molar refractivity (Wildman–Crippen MR) is 101 cm³/mol. The van der Waals surface area contributed by atoms with Crippen LogP contribution in [0.1, 0.15) is 39.8 Å². The van der Waals surface area contributed by atoms with E-state index in [2.05, 4.69) is 0 Å². The van der Waals surface area contributed by atoms with E-state index in [0.717, 1.165) is 47.2 Å². The van der Waals surface area contributed by atoms with Crippen molar-refractivity contribution in [3.63, 3.8) is 0 Å². The summed E-state index contributed by atoms with van der Waals surface area (Å²) < 4.78 is 21.3. The Morgan fingerprint density at radius 2 is 1.93 bits per heavy atom. The van der Waals surface area contributed by atoms with E-state index in [4.69, 9.17) is 9.72 Å². The molecule has 6 heteroatoms. The van der Waals surface area contributed by atoms with Gasteiger partial charge in [-0.3, -0.25) is 9.59 Å². The van der Waals surface area contributed by atoms with Crippen LogP contribution < -0.4 is 5.56 Å². The van der Waals surface area contributed by atoms with Crippen LogP contribution in [0.4, 0.5) is 4.39 Å². The van der Waals surface area contributed by atoms with E-state index in [9.17, 15) is 14.0 Å². The van der Waals surface area contributed by atoms with Gasteiger partial charge >= 0.3 is 5.97 Å². The smallest absolute Gasteiger partial charge is 0.310 e. The summed E-state index contributed by atoms with van der Waals surface area (Å²) in [6.07, 6.45) is 2.83.